The first-order valence-corrected chi connectivity index (χ1v) is 11.0. The van der Waals surface area contributed by atoms with Crippen molar-refractivity contribution in [3.63, 3.8) is 0 Å². The second-order valence-corrected chi connectivity index (χ2v) is 9.19. The van der Waals surface area contributed by atoms with Crippen LogP contribution in [0.4, 0.5) is 0 Å². The summed E-state index contributed by atoms with van der Waals surface area (Å²) in [6, 6.07) is 17.4. The van der Waals surface area contributed by atoms with Gasteiger partial charge in [0.05, 0.1) is 5.56 Å². The highest BCUT2D eigenvalue weighted by Gasteiger charge is 2.47. The predicted octanol–water partition coefficient (Wildman–Crippen LogP) is 6.66. The summed E-state index contributed by atoms with van der Waals surface area (Å²) in [7, 11) is 2.06. The maximum absolute atomic E-state index is 8.25. The monoisotopic (exact) mass is 384 g/mol. The van der Waals surface area contributed by atoms with E-state index in [0.717, 1.165) is 11.3 Å². The molecule has 148 valence electrons. The van der Waals surface area contributed by atoms with Crippen molar-refractivity contribution in [3.8, 4) is 22.4 Å². The molecule has 1 saturated carbocycles. The molecule has 0 N–H and O–H groups in total. The van der Waals surface area contributed by atoms with E-state index < -0.39 is 6.88 Å². The number of pyridine rings is 1. The van der Waals surface area contributed by atoms with Crippen LogP contribution in [0, 0.1) is 19.7 Å². The summed E-state index contributed by atoms with van der Waals surface area (Å²) in [5.41, 5.74) is 9.81. The van der Waals surface area contributed by atoms with Gasteiger partial charge in [0.2, 0.25) is 5.69 Å². The van der Waals surface area contributed by atoms with E-state index in [0.29, 0.717) is 5.92 Å². The first kappa shape index (κ1) is 16.4. The fourth-order valence-corrected chi connectivity index (χ4v) is 6.14. The Labute approximate surface area is 178 Å². The van der Waals surface area contributed by atoms with Gasteiger partial charge in [0.1, 0.15) is 7.05 Å². The Kier molecular flexibility index (Phi) is 3.86. The van der Waals surface area contributed by atoms with Gasteiger partial charge in [-0.1, -0.05) is 62.6 Å². The minimum absolute atomic E-state index is 0.0483. The van der Waals surface area contributed by atoms with E-state index in [-0.39, 0.29) is 5.41 Å². The van der Waals surface area contributed by atoms with E-state index in [1.54, 1.807) is 0 Å². The SMILES string of the molecule is [2H]C([2H])c1ccc[n+](C)c1-c1c(C)ccc2c1C(C)(C1CCCCC1)c1ccccc1-2. The van der Waals surface area contributed by atoms with Crippen LogP contribution in [0.2, 0.25) is 0 Å². The molecule has 1 nitrogen and oxygen atoms in total. The molecule has 0 spiro atoms. The first-order chi connectivity index (χ1) is 14.9. The highest BCUT2D eigenvalue weighted by molar-refractivity contribution is 5.89. The van der Waals surface area contributed by atoms with Gasteiger partial charge in [-0.25, -0.2) is 4.57 Å². The van der Waals surface area contributed by atoms with Gasteiger partial charge in [0.25, 0.3) is 0 Å². The standard InChI is InChI=1S/C28H32N/c1-19-16-17-23-22-14-8-9-15-24(22)28(3,21-12-6-5-7-13-21)26(23)25(19)27-20(2)11-10-18-29(27)4/h8-11,14-18,21H,5-7,12-13H2,1-4H3/q+1/i2D2. The molecule has 29 heavy (non-hydrogen) atoms. The van der Waals surface area contributed by atoms with E-state index in [9.17, 15) is 0 Å². The van der Waals surface area contributed by atoms with Crippen molar-refractivity contribution in [1.29, 1.82) is 0 Å². The number of aryl methyl sites for hydroxylation is 3. The average Bonchev–Trinajstić information content (AvgIpc) is 3.04. The lowest BCUT2D eigenvalue weighted by Gasteiger charge is -2.40. The molecule has 3 aromatic rings. The van der Waals surface area contributed by atoms with Gasteiger partial charge in [-0.3, -0.25) is 0 Å². The molecule has 0 bridgehead atoms. The first-order valence-electron chi connectivity index (χ1n) is 12.2. The summed E-state index contributed by atoms with van der Waals surface area (Å²) in [6.45, 7) is 3.65. The number of aromatic nitrogens is 1. The second kappa shape index (κ2) is 6.83. The molecule has 2 aliphatic rings. The van der Waals surface area contributed by atoms with Crippen molar-refractivity contribution in [2.45, 2.75) is 58.2 Å². The third-order valence-corrected chi connectivity index (χ3v) is 7.58. The third-order valence-electron chi connectivity index (χ3n) is 7.58. The van der Waals surface area contributed by atoms with Gasteiger partial charge >= 0.3 is 0 Å². The second-order valence-electron chi connectivity index (χ2n) is 9.19. The molecule has 0 saturated heterocycles. The maximum Gasteiger partial charge on any atom is 0.215 e. The molecular formula is C28H32N+. The van der Waals surface area contributed by atoms with Gasteiger partial charge in [-0.15, -0.1) is 0 Å². The Morgan fingerprint density at radius 1 is 0.931 bits per heavy atom. The van der Waals surface area contributed by atoms with Crippen LogP contribution in [-0.4, -0.2) is 0 Å². The molecule has 2 aliphatic carbocycles. The Hall–Kier alpha value is -2.41. The number of fused-ring (bicyclic) bond motifs is 3. The fourth-order valence-electron chi connectivity index (χ4n) is 6.14. The van der Waals surface area contributed by atoms with Crippen molar-refractivity contribution in [1.82, 2.24) is 0 Å². The molecule has 0 radical (unpaired) electrons. The lowest BCUT2D eigenvalue weighted by Crippen LogP contribution is -2.36. The van der Waals surface area contributed by atoms with Crippen molar-refractivity contribution < 1.29 is 7.31 Å². The minimum Gasteiger partial charge on any atom is -0.201 e. The molecule has 1 atom stereocenters. The van der Waals surface area contributed by atoms with Crippen LogP contribution in [0.5, 0.6) is 0 Å². The number of benzene rings is 2. The Bertz CT molecular complexity index is 1140. The summed E-state index contributed by atoms with van der Waals surface area (Å²) in [6.07, 6.45) is 8.56. The molecule has 1 heterocycles. The highest BCUT2D eigenvalue weighted by Crippen LogP contribution is 2.58. The highest BCUT2D eigenvalue weighted by atomic mass is 14.9. The average molecular weight is 385 g/mol. The largest absolute Gasteiger partial charge is 0.215 e. The van der Waals surface area contributed by atoms with E-state index >= 15 is 0 Å². The van der Waals surface area contributed by atoms with Gasteiger partial charge in [0, 0.05) is 19.8 Å². The van der Waals surface area contributed by atoms with E-state index in [1.165, 1.54) is 65.5 Å². The van der Waals surface area contributed by atoms with Gasteiger partial charge in [-0.2, -0.15) is 0 Å². The lowest BCUT2D eigenvalue weighted by atomic mass is 9.63. The van der Waals surface area contributed by atoms with Crippen LogP contribution in [-0.2, 0) is 12.5 Å². The van der Waals surface area contributed by atoms with Crippen molar-refractivity contribution in [3.05, 3.63) is 77.0 Å². The lowest BCUT2D eigenvalue weighted by molar-refractivity contribution is -0.660. The van der Waals surface area contributed by atoms with Gasteiger partial charge in [0.15, 0.2) is 6.20 Å². The van der Waals surface area contributed by atoms with Crippen LogP contribution in [0.3, 0.4) is 0 Å². The van der Waals surface area contributed by atoms with E-state index in [1.807, 2.05) is 12.1 Å². The molecule has 2 aromatic carbocycles. The smallest absolute Gasteiger partial charge is 0.201 e. The molecule has 0 aliphatic heterocycles. The van der Waals surface area contributed by atoms with Crippen molar-refractivity contribution >= 4 is 0 Å². The molecule has 0 amide bonds. The summed E-state index contributed by atoms with van der Waals surface area (Å²) in [5, 5.41) is 0. The predicted molar refractivity (Wildman–Crippen MR) is 121 cm³/mol. The zero-order valence-corrected chi connectivity index (χ0v) is 17.8. The Balaban J connectivity index is 1.87. The molecule has 1 aromatic heterocycles. The zero-order valence-electron chi connectivity index (χ0n) is 19.8. The molecule has 1 unspecified atom stereocenters. The van der Waals surface area contributed by atoms with E-state index in [4.69, 9.17) is 2.74 Å². The number of hydrogen-bond acceptors (Lipinski definition) is 0. The van der Waals surface area contributed by atoms with E-state index in [2.05, 4.69) is 68.1 Å². The van der Waals surface area contributed by atoms with Gasteiger partial charge < -0.3 is 0 Å². The molecule has 5 rings (SSSR count). The zero-order chi connectivity index (χ0) is 21.8. The maximum atomic E-state index is 8.25. The summed E-state index contributed by atoms with van der Waals surface area (Å²) in [5.74, 6) is 0.615. The van der Waals surface area contributed by atoms with Crippen molar-refractivity contribution in [2.24, 2.45) is 13.0 Å². The van der Waals surface area contributed by atoms with Crippen LogP contribution in [0.1, 0.15) is 64.0 Å². The van der Waals surface area contributed by atoms with Crippen LogP contribution >= 0.6 is 0 Å². The van der Waals surface area contributed by atoms with Crippen LogP contribution < -0.4 is 4.57 Å². The molecule has 1 heteroatoms. The third kappa shape index (κ3) is 2.63. The molecule has 1 fully saturated rings. The number of nitrogens with zero attached hydrogens (tertiary/aromatic N) is 1. The summed E-state index contributed by atoms with van der Waals surface area (Å²) >= 11 is 0. The summed E-state index contributed by atoms with van der Waals surface area (Å²) < 4.78 is 18.6. The normalized spacial score (nSPS) is 22.2. The topological polar surface area (TPSA) is 3.88 Å². The Morgan fingerprint density at radius 2 is 1.72 bits per heavy atom. The fraction of sp³-hybridized carbons (Fsp3) is 0.393. The summed E-state index contributed by atoms with van der Waals surface area (Å²) in [4.78, 5) is 0. The van der Waals surface area contributed by atoms with Gasteiger partial charge in [-0.05, 0) is 66.4 Å². The van der Waals surface area contributed by atoms with Crippen LogP contribution in [0.15, 0.2) is 54.7 Å². The Morgan fingerprint density at radius 3 is 2.52 bits per heavy atom. The number of hydrogen-bond donors (Lipinski definition) is 0. The van der Waals surface area contributed by atoms with Crippen molar-refractivity contribution in [2.75, 3.05) is 0 Å². The number of rotatable bonds is 2. The quantitative estimate of drug-likeness (QED) is 0.435. The van der Waals surface area contributed by atoms with Crippen LogP contribution in [0.25, 0.3) is 22.4 Å². The molecular weight excluding hydrogens is 350 g/mol. The minimum atomic E-state index is -1.01.